The first kappa shape index (κ1) is 13.6. The minimum atomic E-state index is 0.385. The van der Waals surface area contributed by atoms with E-state index in [0.717, 1.165) is 18.6 Å². The van der Waals surface area contributed by atoms with Gasteiger partial charge in [-0.3, -0.25) is 0 Å². The summed E-state index contributed by atoms with van der Waals surface area (Å²) in [6.45, 7) is 0. The second kappa shape index (κ2) is 7.55. The van der Waals surface area contributed by atoms with Gasteiger partial charge in [-0.2, -0.15) is 12.6 Å². The van der Waals surface area contributed by atoms with Crippen LogP contribution in [0.4, 0.5) is 0 Å². The Kier molecular flexibility index (Phi) is 5.69. The molecule has 0 N–H and O–H groups in total. The van der Waals surface area contributed by atoms with Crippen LogP contribution in [0.3, 0.4) is 0 Å². The van der Waals surface area contributed by atoms with E-state index in [4.69, 9.17) is 0 Å². The summed E-state index contributed by atoms with van der Waals surface area (Å²) in [6.07, 6.45) is 2.15. The lowest BCUT2D eigenvalue weighted by molar-refractivity contribution is 1.09. The predicted molar refractivity (Wildman–Crippen MR) is 85.5 cm³/mol. The third-order valence-electron chi connectivity index (χ3n) is 2.80. The van der Waals surface area contributed by atoms with Crippen LogP contribution >= 0.6 is 24.4 Å². The van der Waals surface area contributed by atoms with Crippen molar-refractivity contribution in [1.82, 2.24) is 0 Å². The van der Waals surface area contributed by atoms with Gasteiger partial charge in [0.25, 0.3) is 0 Å². The zero-order chi connectivity index (χ0) is 12.6. The van der Waals surface area contributed by atoms with Crippen LogP contribution in [0.1, 0.15) is 11.1 Å². The van der Waals surface area contributed by atoms with Gasteiger partial charge in [-0.1, -0.05) is 60.7 Å². The molecule has 0 aromatic heterocycles. The van der Waals surface area contributed by atoms with Gasteiger partial charge >= 0.3 is 0 Å². The molecule has 2 heteroatoms. The molecule has 0 spiro atoms. The lowest BCUT2D eigenvalue weighted by Gasteiger charge is -2.10. The van der Waals surface area contributed by atoms with E-state index < -0.39 is 0 Å². The molecule has 94 valence electrons. The number of hydrogen-bond donors (Lipinski definition) is 1. The number of aryl methyl sites for hydroxylation is 1. The quantitative estimate of drug-likeness (QED) is 0.599. The van der Waals surface area contributed by atoms with E-state index in [0.29, 0.717) is 4.58 Å². The van der Waals surface area contributed by atoms with Crippen molar-refractivity contribution in [1.29, 1.82) is 0 Å². The van der Waals surface area contributed by atoms with Gasteiger partial charge in [-0.15, -0.1) is 11.8 Å². The van der Waals surface area contributed by atoms with Crippen molar-refractivity contribution >= 4 is 24.4 Å². The molecule has 1 atom stereocenters. The lowest BCUT2D eigenvalue weighted by Crippen LogP contribution is -2.01. The van der Waals surface area contributed by atoms with E-state index in [-0.39, 0.29) is 0 Å². The highest BCUT2D eigenvalue weighted by Crippen LogP contribution is 2.20. The van der Waals surface area contributed by atoms with Gasteiger partial charge in [0.2, 0.25) is 0 Å². The normalized spacial score (nSPS) is 12.3. The molecule has 0 nitrogen and oxygen atoms in total. The minimum absolute atomic E-state index is 0.385. The largest absolute Gasteiger partial charge is 0.165 e. The van der Waals surface area contributed by atoms with Crippen LogP contribution < -0.4 is 0 Å². The zero-order valence-electron chi connectivity index (χ0n) is 10.3. The summed E-state index contributed by atoms with van der Waals surface area (Å²) in [6, 6.07) is 21.2. The van der Waals surface area contributed by atoms with Gasteiger partial charge in [0.1, 0.15) is 0 Å². The lowest BCUT2D eigenvalue weighted by atomic mass is 10.2. The molecular weight excluding hydrogens is 256 g/mol. The summed E-state index contributed by atoms with van der Waals surface area (Å²) < 4.78 is 0.385. The predicted octanol–water partition coefficient (Wildman–Crippen LogP) is 4.46. The molecule has 0 radical (unpaired) electrons. The highest BCUT2D eigenvalue weighted by Gasteiger charge is 2.04. The Morgan fingerprint density at radius 2 is 1.39 bits per heavy atom. The number of thioether (sulfide) groups is 1. The molecule has 18 heavy (non-hydrogen) atoms. The first-order chi connectivity index (χ1) is 8.84. The van der Waals surface area contributed by atoms with E-state index in [1.807, 2.05) is 11.8 Å². The number of benzene rings is 2. The molecule has 2 aromatic carbocycles. The fraction of sp³-hybridized carbons (Fsp3) is 0.250. The van der Waals surface area contributed by atoms with Crippen molar-refractivity contribution in [2.24, 2.45) is 0 Å². The monoisotopic (exact) mass is 274 g/mol. The van der Waals surface area contributed by atoms with E-state index in [2.05, 4.69) is 73.3 Å². The topological polar surface area (TPSA) is 0 Å². The van der Waals surface area contributed by atoms with Crippen LogP contribution in [0, 0.1) is 0 Å². The van der Waals surface area contributed by atoms with Gasteiger partial charge in [0.05, 0.1) is 4.58 Å². The Morgan fingerprint density at radius 3 is 2.00 bits per heavy atom. The van der Waals surface area contributed by atoms with Crippen molar-refractivity contribution < 1.29 is 0 Å². The van der Waals surface area contributed by atoms with Crippen LogP contribution in [0.15, 0.2) is 60.7 Å². The molecule has 0 aliphatic rings. The van der Waals surface area contributed by atoms with Crippen molar-refractivity contribution in [2.45, 2.75) is 17.4 Å². The Bertz CT molecular complexity index is 439. The Hall–Kier alpha value is -0.860. The maximum absolute atomic E-state index is 4.65. The molecule has 2 aromatic rings. The van der Waals surface area contributed by atoms with E-state index in [1.54, 1.807) is 0 Å². The second-order valence-corrected chi connectivity index (χ2v) is 6.53. The molecule has 0 bridgehead atoms. The average Bonchev–Trinajstić information content (AvgIpc) is 2.41. The number of hydrogen-bond acceptors (Lipinski definition) is 2. The Balaban J connectivity index is 1.71. The van der Waals surface area contributed by atoms with Gasteiger partial charge in [0.15, 0.2) is 0 Å². The van der Waals surface area contributed by atoms with Crippen molar-refractivity contribution in [2.75, 3.05) is 5.75 Å². The maximum atomic E-state index is 4.65. The Morgan fingerprint density at radius 1 is 0.833 bits per heavy atom. The molecule has 0 fully saturated rings. The fourth-order valence-electron chi connectivity index (χ4n) is 1.83. The maximum Gasteiger partial charge on any atom is 0.0512 e. The molecule has 0 heterocycles. The van der Waals surface area contributed by atoms with Crippen LogP contribution in [-0.4, -0.2) is 10.3 Å². The van der Waals surface area contributed by atoms with Crippen LogP contribution in [-0.2, 0) is 12.8 Å². The van der Waals surface area contributed by atoms with Crippen LogP contribution in [0.25, 0.3) is 0 Å². The third kappa shape index (κ3) is 4.79. The van der Waals surface area contributed by atoms with E-state index >= 15 is 0 Å². The highest BCUT2D eigenvalue weighted by atomic mass is 32.2. The van der Waals surface area contributed by atoms with Crippen LogP contribution in [0.2, 0.25) is 0 Å². The summed E-state index contributed by atoms with van der Waals surface area (Å²) in [7, 11) is 0. The molecule has 0 aliphatic heterocycles. The summed E-state index contributed by atoms with van der Waals surface area (Å²) >= 11 is 6.58. The zero-order valence-corrected chi connectivity index (χ0v) is 12.0. The summed E-state index contributed by atoms with van der Waals surface area (Å²) in [4.78, 5) is 0. The molecular formula is C16H18S2. The van der Waals surface area contributed by atoms with Crippen LogP contribution in [0.5, 0.6) is 0 Å². The van der Waals surface area contributed by atoms with Crippen molar-refractivity contribution in [3.63, 3.8) is 0 Å². The average molecular weight is 274 g/mol. The number of thiol groups is 1. The minimum Gasteiger partial charge on any atom is -0.165 e. The molecule has 0 saturated heterocycles. The second-order valence-electron chi connectivity index (χ2n) is 4.25. The van der Waals surface area contributed by atoms with E-state index in [9.17, 15) is 0 Å². The summed E-state index contributed by atoms with van der Waals surface area (Å²) in [5.41, 5.74) is 2.77. The SMILES string of the molecule is SC(Cc1ccccc1)SCCc1ccccc1. The van der Waals surface area contributed by atoms with Gasteiger partial charge in [0, 0.05) is 0 Å². The first-order valence-electron chi connectivity index (χ1n) is 6.22. The standard InChI is InChI=1S/C16H18S2/c17-16(13-15-9-5-2-6-10-15)18-12-11-14-7-3-1-4-8-14/h1-10,16-17H,11-13H2. The summed E-state index contributed by atoms with van der Waals surface area (Å²) in [5, 5.41) is 0. The highest BCUT2D eigenvalue weighted by molar-refractivity contribution is 8.10. The molecule has 0 saturated carbocycles. The molecule has 1 unspecified atom stereocenters. The molecule has 0 aliphatic carbocycles. The van der Waals surface area contributed by atoms with Crippen molar-refractivity contribution in [3.8, 4) is 0 Å². The van der Waals surface area contributed by atoms with E-state index in [1.165, 1.54) is 11.1 Å². The van der Waals surface area contributed by atoms with Gasteiger partial charge in [-0.25, -0.2) is 0 Å². The molecule has 0 amide bonds. The summed E-state index contributed by atoms with van der Waals surface area (Å²) in [5.74, 6) is 1.13. The first-order valence-corrected chi connectivity index (χ1v) is 7.78. The molecule has 2 rings (SSSR count). The Labute approximate surface area is 119 Å². The smallest absolute Gasteiger partial charge is 0.0512 e. The van der Waals surface area contributed by atoms with Gasteiger partial charge < -0.3 is 0 Å². The fourth-order valence-corrected chi connectivity index (χ4v) is 3.30. The van der Waals surface area contributed by atoms with Gasteiger partial charge in [-0.05, 0) is 29.7 Å². The number of rotatable bonds is 6. The van der Waals surface area contributed by atoms with Crippen molar-refractivity contribution in [3.05, 3.63) is 71.8 Å². The third-order valence-corrected chi connectivity index (χ3v) is 4.42.